The zero-order valence-electron chi connectivity index (χ0n) is 8.18. The standard InChI is InChI=1S/C8H18NO3P/c1-9(2)7-5-3-4-6-8-13(10,11)12/h4,6H,3,5,7-8H2,1-2H3,(H2,10,11,12). The Kier molecular flexibility index (Phi) is 6.25. The zero-order valence-corrected chi connectivity index (χ0v) is 9.07. The van der Waals surface area contributed by atoms with Crippen molar-refractivity contribution in [2.75, 3.05) is 26.8 Å². The van der Waals surface area contributed by atoms with Gasteiger partial charge in [-0.25, -0.2) is 0 Å². The van der Waals surface area contributed by atoms with Crippen LogP contribution in [0.5, 0.6) is 0 Å². The first kappa shape index (κ1) is 12.8. The molecule has 0 saturated carbocycles. The number of rotatable bonds is 6. The molecule has 0 radical (unpaired) electrons. The van der Waals surface area contributed by atoms with E-state index in [0.717, 1.165) is 19.4 Å². The summed E-state index contributed by atoms with van der Waals surface area (Å²) in [5.41, 5.74) is 0. The fraction of sp³-hybridized carbons (Fsp3) is 0.750. The lowest BCUT2D eigenvalue weighted by atomic mass is 10.3. The molecule has 0 atom stereocenters. The topological polar surface area (TPSA) is 60.8 Å². The lowest BCUT2D eigenvalue weighted by molar-refractivity contribution is 0.377. The van der Waals surface area contributed by atoms with Crippen molar-refractivity contribution in [2.24, 2.45) is 0 Å². The molecule has 0 aromatic carbocycles. The second kappa shape index (κ2) is 6.33. The Morgan fingerprint density at radius 3 is 2.38 bits per heavy atom. The first-order valence-electron chi connectivity index (χ1n) is 4.26. The third kappa shape index (κ3) is 11.9. The van der Waals surface area contributed by atoms with E-state index in [1.165, 1.54) is 0 Å². The molecule has 13 heavy (non-hydrogen) atoms. The van der Waals surface area contributed by atoms with Crippen LogP contribution in [0.3, 0.4) is 0 Å². The highest BCUT2D eigenvalue weighted by atomic mass is 31.2. The van der Waals surface area contributed by atoms with Crippen molar-refractivity contribution in [3.05, 3.63) is 12.2 Å². The van der Waals surface area contributed by atoms with E-state index in [9.17, 15) is 4.57 Å². The van der Waals surface area contributed by atoms with E-state index in [0.29, 0.717) is 0 Å². The first-order chi connectivity index (χ1) is 5.92. The first-order valence-corrected chi connectivity index (χ1v) is 6.06. The second-order valence-electron chi connectivity index (χ2n) is 3.26. The van der Waals surface area contributed by atoms with Crippen molar-refractivity contribution >= 4 is 7.60 Å². The van der Waals surface area contributed by atoms with Gasteiger partial charge in [0.1, 0.15) is 0 Å². The van der Waals surface area contributed by atoms with Crippen molar-refractivity contribution in [3.63, 3.8) is 0 Å². The van der Waals surface area contributed by atoms with Gasteiger partial charge in [0.25, 0.3) is 0 Å². The molecule has 0 heterocycles. The lowest BCUT2D eigenvalue weighted by Gasteiger charge is -2.06. The summed E-state index contributed by atoms with van der Waals surface area (Å²) >= 11 is 0. The van der Waals surface area contributed by atoms with Crippen LogP contribution in [0.25, 0.3) is 0 Å². The Labute approximate surface area is 79.4 Å². The van der Waals surface area contributed by atoms with Crippen LogP contribution in [0.1, 0.15) is 12.8 Å². The van der Waals surface area contributed by atoms with Crippen LogP contribution in [-0.2, 0) is 4.57 Å². The smallest absolute Gasteiger partial charge is 0.324 e. The number of hydrogen-bond donors (Lipinski definition) is 2. The van der Waals surface area contributed by atoms with E-state index in [2.05, 4.69) is 4.90 Å². The van der Waals surface area contributed by atoms with Crippen LogP contribution in [0.2, 0.25) is 0 Å². The average Bonchev–Trinajstić information content (AvgIpc) is 1.93. The highest BCUT2D eigenvalue weighted by Gasteiger charge is 2.07. The monoisotopic (exact) mass is 207 g/mol. The quantitative estimate of drug-likeness (QED) is 0.388. The molecule has 0 spiro atoms. The van der Waals surface area contributed by atoms with Gasteiger partial charge in [0, 0.05) is 0 Å². The summed E-state index contributed by atoms with van der Waals surface area (Å²) in [6.45, 7) is 1.00. The van der Waals surface area contributed by atoms with Gasteiger partial charge < -0.3 is 14.7 Å². The van der Waals surface area contributed by atoms with E-state index in [1.807, 2.05) is 20.2 Å². The van der Waals surface area contributed by atoms with Crippen LogP contribution in [0.15, 0.2) is 12.2 Å². The maximum Gasteiger partial charge on any atom is 0.329 e. The van der Waals surface area contributed by atoms with Gasteiger partial charge in [-0.2, -0.15) is 0 Å². The van der Waals surface area contributed by atoms with Crippen molar-refractivity contribution in [1.29, 1.82) is 0 Å². The van der Waals surface area contributed by atoms with Gasteiger partial charge >= 0.3 is 7.60 Å². The summed E-state index contributed by atoms with van der Waals surface area (Å²) in [6, 6.07) is 0. The molecule has 0 saturated heterocycles. The normalized spacial score (nSPS) is 13.0. The fourth-order valence-electron chi connectivity index (χ4n) is 0.855. The van der Waals surface area contributed by atoms with Gasteiger partial charge in [0.15, 0.2) is 0 Å². The van der Waals surface area contributed by atoms with Crippen LogP contribution in [0.4, 0.5) is 0 Å². The van der Waals surface area contributed by atoms with Crippen LogP contribution in [0, 0.1) is 0 Å². The van der Waals surface area contributed by atoms with Gasteiger partial charge in [-0.05, 0) is 33.5 Å². The maximum absolute atomic E-state index is 10.4. The van der Waals surface area contributed by atoms with Gasteiger partial charge in [0.2, 0.25) is 0 Å². The predicted octanol–water partition coefficient (Wildman–Crippen LogP) is 1.06. The largest absolute Gasteiger partial charge is 0.329 e. The van der Waals surface area contributed by atoms with Crippen molar-refractivity contribution < 1.29 is 14.4 Å². The fourth-order valence-corrected chi connectivity index (χ4v) is 1.28. The molecule has 0 aromatic rings. The summed E-state index contributed by atoms with van der Waals surface area (Å²) < 4.78 is 10.4. The van der Waals surface area contributed by atoms with Gasteiger partial charge in [-0.15, -0.1) is 0 Å². The molecule has 0 rings (SSSR count). The Bertz CT molecular complexity index is 198. The van der Waals surface area contributed by atoms with E-state index in [4.69, 9.17) is 9.79 Å². The lowest BCUT2D eigenvalue weighted by Crippen LogP contribution is -2.12. The minimum Gasteiger partial charge on any atom is -0.324 e. The molecule has 0 bridgehead atoms. The predicted molar refractivity (Wildman–Crippen MR) is 53.8 cm³/mol. The average molecular weight is 207 g/mol. The molecule has 0 aliphatic heterocycles. The maximum atomic E-state index is 10.4. The Hall–Kier alpha value is -0.150. The van der Waals surface area contributed by atoms with E-state index < -0.39 is 7.60 Å². The van der Waals surface area contributed by atoms with Gasteiger partial charge in [-0.1, -0.05) is 12.2 Å². The molecule has 4 nitrogen and oxygen atoms in total. The highest BCUT2D eigenvalue weighted by Crippen LogP contribution is 2.33. The summed E-state index contributed by atoms with van der Waals surface area (Å²) in [7, 11) is 0.168. The Balaban J connectivity index is 3.38. The molecule has 0 aliphatic rings. The third-order valence-electron chi connectivity index (χ3n) is 1.49. The van der Waals surface area contributed by atoms with Gasteiger partial charge in [0.05, 0.1) is 6.16 Å². The molecule has 0 aliphatic carbocycles. The number of unbranched alkanes of at least 4 members (excludes halogenated alkanes) is 1. The molecule has 5 heteroatoms. The molecule has 0 unspecified atom stereocenters. The van der Waals surface area contributed by atoms with Crippen LogP contribution in [-0.4, -0.2) is 41.5 Å². The second-order valence-corrected chi connectivity index (χ2v) is 4.96. The zero-order chi connectivity index (χ0) is 10.3. The number of hydrogen-bond acceptors (Lipinski definition) is 2. The van der Waals surface area contributed by atoms with Crippen molar-refractivity contribution in [1.82, 2.24) is 4.90 Å². The van der Waals surface area contributed by atoms with Crippen LogP contribution >= 0.6 is 7.60 Å². The molecule has 78 valence electrons. The van der Waals surface area contributed by atoms with Crippen LogP contribution < -0.4 is 0 Å². The summed E-state index contributed by atoms with van der Waals surface area (Å²) in [5.74, 6) is 0. The SMILES string of the molecule is CN(C)CCCC=CCP(=O)(O)O. The molecular formula is C8H18NO3P. The van der Waals surface area contributed by atoms with E-state index >= 15 is 0 Å². The van der Waals surface area contributed by atoms with E-state index in [1.54, 1.807) is 6.08 Å². The van der Waals surface area contributed by atoms with Crippen molar-refractivity contribution in [2.45, 2.75) is 12.8 Å². The minimum atomic E-state index is -3.83. The molecule has 0 aromatic heterocycles. The molecule has 0 amide bonds. The summed E-state index contributed by atoms with van der Waals surface area (Å²) in [5, 5.41) is 0. The summed E-state index contributed by atoms with van der Waals surface area (Å²) in [6.07, 6.45) is 5.12. The minimum absolute atomic E-state index is 0.144. The highest BCUT2D eigenvalue weighted by molar-refractivity contribution is 7.51. The molecule has 2 N–H and O–H groups in total. The third-order valence-corrected chi connectivity index (χ3v) is 2.17. The Morgan fingerprint density at radius 1 is 1.31 bits per heavy atom. The van der Waals surface area contributed by atoms with E-state index in [-0.39, 0.29) is 6.16 Å². The van der Waals surface area contributed by atoms with Gasteiger partial charge in [-0.3, -0.25) is 4.57 Å². The number of allylic oxidation sites excluding steroid dienone is 2. The van der Waals surface area contributed by atoms with Crippen molar-refractivity contribution in [3.8, 4) is 0 Å². The molecule has 0 fully saturated rings. The Morgan fingerprint density at radius 2 is 1.92 bits per heavy atom. The molecular weight excluding hydrogens is 189 g/mol. The summed E-state index contributed by atoms with van der Waals surface area (Å²) in [4.78, 5) is 19.1. The number of nitrogens with zero attached hydrogens (tertiary/aromatic N) is 1.